The van der Waals surface area contributed by atoms with Crippen LogP contribution in [0.15, 0.2) is 48.5 Å². The summed E-state index contributed by atoms with van der Waals surface area (Å²) in [5.41, 5.74) is 7.62. The molecule has 0 spiro atoms. The molecular weight excluding hydrogens is 300 g/mol. The molecule has 4 heteroatoms. The molecule has 0 saturated carbocycles. The molecule has 2 rings (SSSR count). The number of hydrogen-bond donors (Lipinski definition) is 3. The second-order valence-electron chi connectivity index (χ2n) is 6.26. The Hall–Kier alpha value is -2.77. The van der Waals surface area contributed by atoms with Gasteiger partial charge in [0.2, 0.25) is 0 Å². The number of anilines is 1. The van der Waals surface area contributed by atoms with Crippen molar-refractivity contribution in [1.29, 1.82) is 0 Å². The number of rotatable bonds is 3. The highest BCUT2D eigenvalue weighted by molar-refractivity contribution is 5.94. The summed E-state index contributed by atoms with van der Waals surface area (Å²) >= 11 is 0. The first kappa shape index (κ1) is 17.6. The van der Waals surface area contributed by atoms with Gasteiger partial charge in [0.05, 0.1) is 11.6 Å². The number of nitrogens with two attached hydrogens (primary N) is 1. The number of benzene rings is 2. The van der Waals surface area contributed by atoms with Crippen LogP contribution in [0.4, 0.5) is 5.69 Å². The Bertz CT molecular complexity index is 778. The van der Waals surface area contributed by atoms with E-state index in [-0.39, 0.29) is 11.9 Å². The van der Waals surface area contributed by atoms with E-state index < -0.39 is 5.60 Å². The minimum atomic E-state index is -0.976. The predicted octanol–water partition coefficient (Wildman–Crippen LogP) is 2.56. The Kier molecular flexibility index (Phi) is 5.28. The zero-order valence-electron chi connectivity index (χ0n) is 14.1. The van der Waals surface area contributed by atoms with Crippen molar-refractivity contribution >= 4 is 11.6 Å². The zero-order valence-corrected chi connectivity index (χ0v) is 14.1. The first-order valence-electron chi connectivity index (χ1n) is 7.77. The molecule has 0 fully saturated rings. The molecule has 24 heavy (non-hydrogen) atoms. The second-order valence-corrected chi connectivity index (χ2v) is 6.26. The molecule has 0 aliphatic carbocycles. The largest absolute Gasteiger partial charge is 0.398 e. The molecule has 1 unspecified atom stereocenters. The zero-order chi connectivity index (χ0) is 17.7. The third-order valence-corrected chi connectivity index (χ3v) is 3.86. The van der Waals surface area contributed by atoms with Gasteiger partial charge in [-0.25, -0.2) is 0 Å². The fourth-order valence-corrected chi connectivity index (χ4v) is 1.91. The Morgan fingerprint density at radius 1 is 1.12 bits per heavy atom. The van der Waals surface area contributed by atoms with Crippen LogP contribution in [0, 0.1) is 11.8 Å². The molecule has 124 valence electrons. The maximum atomic E-state index is 12.2. The number of nitrogen functional groups attached to an aromatic ring is 1. The Morgan fingerprint density at radius 2 is 1.75 bits per heavy atom. The maximum absolute atomic E-state index is 12.2. The molecule has 0 saturated heterocycles. The van der Waals surface area contributed by atoms with E-state index in [1.165, 1.54) is 0 Å². The molecule has 0 aromatic heterocycles. The van der Waals surface area contributed by atoms with Gasteiger partial charge in [0.15, 0.2) is 0 Å². The lowest BCUT2D eigenvalue weighted by Gasteiger charge is -2.26. The van der Waals surface area contributed by atoms with Crippen molar-refractivity contribution in [3.8, 4) is 11.8 Å². The minimum Gasteiger partial charge on any atom is -0.398 e. The highest BCUT2D eigenvalue weighted by atomic mass is 16.3. The molecular formula is C20H22N2O2. The van der Waals surface area contributed by atoms with Crippen LogP contribution in [0.25, 0.3) is 0 Å². The van der Waals surface area contributed by atoms with Crippen LogP contribution in [-0.4, -0.2) is 22.7 Å². The third kappa shape index (κ3) is 4.61. The molecule has 0 aliphatic heterocycles. The van der Waals surface area contributed by atoms with Crippen molar-refractivity contribution in [1.82, 2.24) is 5.32 Å². The van der Waals surface area contributed by atoms with Crippen LogP contribution >= 0.6 is 0 Å². The van der Waals surface area contributed by atoms with Gasteiger partial charge in [0.25, 0.3) is 5.91 Å². The van der Waals surface area contributed by atoms with Gasteiger partial charge in [-0.3, -0.25) is 4.79 Å². The molecule has 4 N–H and O–H groups in total. The van der Waals surface area contributed by atoms with E-state index in [1.807, 2.05) is 18.2 Å². The average molecular weight is 322 g/mol. The Balaban J connectivity index is 2.09. The Labute approximate surface area is 142 Å². The lowest BCUT2D eigenvalue weighted by Crippen LogP contribution is -2.47. The number of carbonyl (C=O) groups is 1. The van der Waals surface area contributed by atoms with E-state index in [0.29, 0.717) is 11.3 Å². The number of amides is 1. The fourth-order valence-electron chi connectivity index (χ4n) is 1.91. The quantitative estimate of drug-likeness (QED) is 0.600. The number of nitrogens with one attached hydrogen (secondary N) is 1. The molecule has 1 amide bonds. The van der Waals surface area contributed by atoms with Gasteiger partial charge in [-0.05, 0) is 57.2 Å². The van der Waals surface area contributed by atoms with Crippen molar-refractivity contribution in [2.75, 3.05) is 5.73 Å². The summed E-state index contributed by atoms with van der Waals surface area (Å²) in [6.07, 6.45) is 0. The molecule has 0 heterocycles. The minimum absolute atomic E-state index is 0.226. The predicted molar refractivity (Wildman–Crippen MR) is 96.5 cm³/mol. The smallest absolute Gasteiger partial charge is 0.251 e. The number of aliphatic hydroxyl groups is 1. The van der Waals surface area contributed by atoms with Gasteiger partial charge in [0.1, 0.15) is 0 Å². The van der Waals surface area contributed by atoms with Crippen molar-refractivity contribution < 1.29 is 9.90 Å². The van der Waals surface area contributed by atoms with E-state index in [4.69, 9.17) is 5.73 Å². The van der Waals surface area contributed by atoms with E-state index in [1.54, 1.807) is 51.1 Å². The first-order valence-corrected chi connectivity index (χ1v) is 7.77. The van der Waals surface area contributed by atoms with E-state index in [9.17, 15) is 9.90 Å². The van der Waals surface area contributed by atoms with Crippen LogP contribution in [0.5, 0.6) is 0 Å². The van der Waals surface area contributed by atoms with Gasteiger partial charge in [-0.1, -0.05) is 24.0 Å². The second kappa shape index (κ2) is 7.20. The fraction of sp³-hybridized carbons (Fsp3) is 0.250. The Morgan fingerprint density at radius 3 is 2.33 bits per heavy atom. The topological polar surface area (TPSA) is 75.4 Å². The lowest BCUT2D eigenvalue weighted by atomic mass is 10.0. The SMILES string of the molecule is CC(NC(=O)c1ccc(C#Cc2ccccc2N)cc1)C(C)(C)O. The summed E-state index contributed by atoms with van der Waals surface area (Å²) in [6, 6.07) is 14.1. The van der Waals surface area contributed by atoms with E-state index in [0.717, 1.165) is 11.1 Å². The molecule has 1 atom stereocenters. The van der Waals surface area contributed by atoms with Gasteiger partial charge >= 0.3 is 0 Å². The van der Waals surface area contributed by atoms with E-state index >= 15 is 0 Å². The summed E-state index contributed by atoms with van der Waals surface area (Å²) in [5, 5.41) is 12.7. The van der Waals surface area contributed by atoms with Crippen LogP contribution in [0.3, 0.4) is 0 Å². The monoisotopic (exact) mass is 322 g/mol. The molecule has 0 aliphatic rings. The van der Waals surface area contributed by atoms with Gasteiger partial charge < -0.3 is 16.2 Å². The van der Waals surface area contributed by atoms with Gasteiger partial charge in [-0.15, -0.1) is 0 Å². The van der Waals surface area contributed by atoms with Gasteiger partial charge in [0, 0.05) is 22.4 Å². The molecule has 2 aromatic rings. The van der Waals surface area contributed by atoms with Crippen LogP contribution in [0.1, 0.15) is 42.3 Å². The lowest BCUT2D eigenvalue weighted by molar-refractivity contribution is 0.0409. The van der Waals surface area contributed by atoms with Gasteiger partial charge in [-0.2, -0.15) is 0 Å². The van der Waals surface area contributed by atoms with Crippen LogP contribution in [-0.2, 0) is 0 Å². The highest BCUT2D eigenvalue weighted by Gasteiger charge is 2.24. The number of para-hydroxylation sites is 1. The molecule has 0 bridgehead atoms. The van der Waals surface area contributed by atoms with Crippen LogP contribution in [0.2, 0.25) is 0 Å². The summed E-state index contributed by atoms with van der Waals surface area (Å²) < 4.78 is 0. The number of hydrogen-bond acceptors (Lipinski definition) is 3. The van der Waals surface area contributed by atoms with Crippen molar-refractivity contribution in [3.63, 3.8) is 0 Å². The van der Waals surface area contributed by atoms with Crippen molar-refractivity contribution in [2.45, 2.75) is 32.4 Å². The summed E-state index contributed by atoms with van der Waals surface area (Å²) in [5.74, 6) is 5.83. The maximum Gasteiger partial charge on any atom is 0.251 e. The molecule has 0 radical (unpaired) electrons. The molecule has 4 nitrogen and oxygen atoms in total. The third-order valence-electron chi connectivity index (χ3n) is 3.86. The number of carbonyl (C=O) groups excluding carboxylic acids is 1. The van der Waals surface area contributed by atoms with Crippen LogP contribution < -0.4 is 11.1 Å². The highest BCUT2D eigenvalue weighted by Crippen LogP contribution is 2.11. The average Bonchev–Trinajstić information content (AvgIpc) is 2.53. The van der Waals surface area contributed by atoms with Crippen molar-refractivity contribution in [3.05, 3.63) is 65.2 Å². The normalized spacial score (nSPS) is 12.0. The summed E-state index contributed by atoms with van der Waals surface area (Å²) in [4.78, 5) is 12.2. The summed E-state index contributed by atoms with van der Waals surface area (Å²) in [7, 11) is 0. The molecule has 2 aromatic carbocycles. The first-order chi connectivity index (χ1) is 11.3. The summed E-state index contributed by atoms with van der Waals surface area (Å²) in [6.45, 7) is 5.08. The van der Waals surface area contributed by atoms with E-state index in [2.05, 4.69) is 17.2 Å². The standard InChI is InChI=1S/C20H22N2O2/c1-14(20(2,3)24)22-19(23)17-12-9-15(10-13-17)8-11-16-6-4-5-7-18(16)21/h4-7,9-10,12-14,24H,21H2,1-3H3,(H,22,23). The van der Waals surface area contributed by atoms with Crippen molar-refractivity contribution in [2.24, 2.45) is 0 Å².